The highest BCUT2D eigenvalue weighted by atomic mass is 16.5. The number of ether oxygens (including phenoxy) is 1. The third kappa shape index (κ3) is 1.65. The molecule has 1 aliphatic carbocycles. The second-order valence-corrected chi connectivity index (χ2v) is 3.84. The molecular formula is C12H14O2. The van der Waals surface area contributed by atoms with Crippen molar-refractivity contribution in [3.05, 3.63) is 29.8 Å². The average molecular weight is 190 g/mol. The average Bonchev–Trinajstić information content (AvgIpc) is 2.97. The van der Waals surface area contributed by atoms with Crippen LogP contribution < -0.4 is 4.74 Å². The van der Waals surface area contributed by atoms with E-state index in [2.05, 4.69) is 6.07 Å². The molecule has 1 aliphatic rings. The molecule has 0 aliphatic heterocycles. The summed E-state index contributed by atoms with van der Waals surface area (Å²) in [6, 6.07) is 7.99. The number of benzene rings is 1. The van der Waals surface area contributed by atoms with Crippen LogP contribution in [-0.4, -0.2) is 12.9 Å². The predicted octanol–water partition coefficient (Wildman–Crippen LogP) is 2.39. The summed E-state index contributed by atoms with van der Waals surface area (Å²) in [6.07, 6.45) is 1.00. The van der Waals surface area contributed by atoms with Crippen molar-refractivity contribution in [1.29, 1.82) is 0 Å². The van der Waals surface area contributed by atoms with Crippen molar-refractivity contribution in [3.8, 4) is 5.75 Å². The quantitative estimate of drug-likeness (QED) is 0.731. The minimum absolute atomic E-state index is 0.252. The molecule has 0 amide bonds. The van der Waals surface area contributed by atoms with Crippen LogP contribution in [-0.2, 0) is 4.79 Å². The molecule has 2 atom stereocenters. The fourth-order valence-corrected chi connectivity index (χ4v) is 1.88. The second-order valence-electron chi connectivity index (χ2n) is 3.84. The molecule has 0 N–H and O–H groups in total. The first-order chi connectivity index (χ1) is 6.72. The molecule has 1 aromatic rings. The van der Waals surface area contributed by atoms with E-state index in [-0.39, 0.29) is 5.92 Å². The Hall–Kier alpha value is -1.31. The van der Waals surface area contributed by atoms with E-state index in [0.717, 1.165) is 12.2 Å². The molecule has 1 saturated carbocycles. The standard InChI is InChI=1S/C12H14O2/c1-8(13)11-7-12(11)9-4-3-5-10(6-9)14-2/h3-6,11-12H,7H2,1-2H3. The topological polar surface area (TPSA) is 26.3 Å². The second kappa shape index (κ2) is 3.45. The van der Waals surface area contributed by atoms with Gasteiger partial charge in [-0.2, -0.15) is 0 Å². The Balaban J connectivity index is 2.15. The largest absolute Gasteiger partial charge is 0.497 e. The van der Waals surface area contributed by atoms with Crippen molar-refractivity contribution >= 4 is 5.78 Å². The highest BCUT2D eigenvalue weighted by molar-refractivity contribution is 5.82. The van der Waals surface area contributed by atoms with Crippen LogP contribution in [0.1, 0.15) is 24.8 Å². The molecular weight excluding hydrogens is 176 g/mol. The summed E-state index contributed by atoms with van der Waals surface area (Å²) in [7, 11) is 1.66. The van der Waals surface area contributed by atoms with E-state index < -0.39 is 0 Å². The zero-order chi connectivity index (χ0) is 10.1. The van der Waals surface area contributed by atoms with Crippen LogP contribution >= 0.6 is 0 Å². The highest BCUT2D eigenvalue weighted by Gasteiger charge is 2.41. The summed E-state index contributed by atoms with van der Waals surface area (Å²) in [5, 5.41) is 0. The van der Waals surface area contributed by atoms with Gasteiger partial charge in [-0.05, 0) is 37.0 Å². The van der Waals surface area contributed by atoms with E-state index >= 15 is 0 Å². The van der Waals surface area contributed by atoms with Crippen LogP contribution in [0.4, 0.5) is 0 Å². The summed E-state index contributed by atoms with van der Waals surface area (Å²) in [6.45, 7) is 1.67. The van der Waals surface area contributed by atoms with E-state index in [4.69, 9.17) is 4.74 Å². The van der Waals surface area contributed by atoms with Gasteiger partial charge < -0.3 is 4.74 Å². The molecule has 0 bridgehead atoms. The van der Waals surface area contributed by atoms with Crippen LogP contribution in [0.15, 0.2) is 24.3 Å². The lowest BCUT2D eigenvalue weighted by Crippen LogP contribution is -1.94. The molecule has 1 fully saturated rings. The van der Waals surface area contributed by atoms with Crippen molar-refractivity contribution in [1.82, 2.24) is 0 Å². The van der Waals surface area contributed by atoms with Gasteiger partial charge in [0.15, 0.2) is 0 Å². The molecule has 0 aromatic heterocycles. The van der Waals surface area contributed by atoms with Crippen LogP contribution in [0.3, 0.4) is 0 Å². The van der Waals surface area contributed by atoms with Crippen molar-refractivity contribution in [2.75, 3.05) is 7.11 Å². The maximum Gasteiger partial charge on any atom is 0.133 e. The number of hydrogen-bond acceptors (Lipinski definition) is 2. The Morgan fingerprint density at radius 2 is 2.29 bits per heavy atom. The van der Waals surface area contributed by atoms with Gasteiger partial charge in [0.25, 0.3) is 0 Å². The molecule has 2 heteroatoms. The van der Waals surface area contributed by atoms with E-state index in [1.54, 1.807) is 14.0 Å². The Labute approximate surface area is 83.9 Å². The lowest BCUT2D eigenvalue weighted by atomic mass is 10.1. The lowest BCUT2D eigenvalue weighted by molar-refractivity contribution is -0.118. The van der Waals surface area contributed by atoms with E-state index in [1.165, 1.54) is 5.56 Å². The van der Waals surface area contributed by atoms with Crippen LogP contribution in [0, 0.1) is 5.92 Å². The minimum atomic E-state index is 0.252. The van der Waals surface area contributed by atoms with Gasteiger partial charge in [0.2, 0.25) is 0 Å². The summed E-state index contributed by atoms with van der Waals surface area (Å²) >= 11 is 0. The number of ketones is 1. The number of Topliss-reactive ketones (excluding diaryl/α,β-unsaturated/α-hetero) is 1. The van der Waals surface area contributed by atoms with Gasteiger partial charge in [0.1, 0.15) is 11.5 Å². The molecule has 0 radical (unpaired) electrons. The van der Waals surface area contributed by atoms with Crippen molar-refractivity contribution in [2.45, 2.75) is 19.3 Å². The summed E-state index contributed by atoms with van der Waals surface area (Å²) in [5.74, 6) is 1.86. The van der Waals surface area contributed by atoms with Gasteiger partial charge in [0, 0.05) is 5.92 Å². The Kier molecular flexibility index (Phi) is 2.28. The van der Waals surface area contributed by atoms with Crippen LogP contribution in [0.2, 0.25) is 0 Å². The molecule has 0 spiro atoms. The SMILES string of the molecule is COc1cccc(C2CC2C(C)=O)c1. The van der Waals surface area contributed by atoms with E-state index in [1.807, 2.05) is 18.2 Å². The fraction of sp³-hybridized carbons (Fsp3) is 0.417. The summed E-state index contributed by atoms with van der Waals surface area (Å²) in [5.41, 5.74) is 1.23. The lowest BCUT2D eigenvalue weighted by Gasteiger charge is -2.02. The molecule has 2 nitrogen and oxygen atoms in total. The molecule has 2 unspecified atom stereocenters. The maximum atomic E-state index is 11.1. The summed E-state index contributed by atoms with van der Waals surface area (Å²) in [4.78, 5) is 11.1. The van der Waals surface area contributed by atoms with E-state index in [0.29, 0.717) is 11.7 Å². The molecule has 0 heterocycles. The molecule has 74 valence electrons. The highest BCUT2D eigenvalue weighted by Crippen LogP contribution is 2.48. The van der Waals surface area contributed by atoms with Gasteiger partial charge in [-0.25, -0.2) is 0 Å². The van der Waals surface area contributed by atoms with Crippen LogP contribution in [0.25, 0.3) is 0 Å². The predicted molar refractivity (Wildman–Crippen MR) is 54.5 cm³/mol. The van der Waals surface area contributed by atoms with Gasteiger partial charge >= 0.3 is 0 Å². The van der Waals surface area contributed by atoms with Gasteiger partial charge in [-0.15, -0.1) is 0 Å². The third-order valence-electron chi connectivity index (χ3n) is 2.83. The molecule has 14 heavy (non-hydrogen) atoms. The number of carbonyl (C=O) groups is 1. The van der Waals surface area contributed by atoms with Gasteiger partial charge in [-0.1, -0.05) is 12.1 Å². The first kappa shape index (κ1) is 9.25. The van der Waals surface area contributed by atoms with E-state index in [9.17, 15) is 4.79 Å². The maximum absolute atomic E-state index is 11.1. The summed E-state index contributed by atoms with van der Waals surface area (Å²) < 4.78 is 5.14. The fourth-order valence-electron chi connectivity index (χ4n) is 1.88. The number of rotatable bonds is 3. The molecule has 2 rings (SSSR count). The van der Waals surface area contributed by atoms with Crippen molar-refractivity contribution < 1.29 is 9.53 Å². The normalized spacial score (nSPS) is 24.4. The van der Waals surface area contributed by atoms with Crippen molar-refractivity contribution in [3.63, 3.8) is 0 Å². The Morgan fingerprint density at radius 3 is 2.86 bits per heavy atom. The number of carbonyl (C=O) groups excluding carboxylic acids is 1. The first-order valence-corrected chi connectivity index (χ1v) is 4.87. The number of hydrogen-bond donors (Lipinski definition) is 0. The number of methoxy groups -OCH3 is 1. The molecule has 1 aromatic carbocycles. The third-order valence-corrected chi connectivity index (χ3v) is 2.83. The smallest absolute Gasteiger partial charge is 0.133 e. The van der Waals surface area contributed by atoms with Gasteiger partial charge in [-0.3, -0.25) is 4.79 Å². The Bertz CT molecular complexity index is 357. The zero-order valence-corrected chi connectivity index (χ0v) is 8.49. The van der Waals surface area contributed by atoms with Gasteiger partial charge in [0.05, 0.1) is 7.11 Å². The zero-order valence-electron chi connectivity index (χ0n) is 8.49. The monoisotopic (exact) mass is 190 g/mol. The first-order valence-electron chi connectivity index (χ1n) is 4.87. The minimum Gasteiger partial charge on any atom is -0.497 e. The Morgan fingerprint density at radius 1 is 1.50 bits per heavy atom. The van der Waals surface area contributed by atoms with Crippen molar-refractivity contribution in [2.24, 2.45) is 5.92 Å². The molecule has 0 saturated heterocycles. The van der Waals surface area contributed by atoms with Crippen LogP contribution in [0.5, 0.6) is 5.75 Å².